The molecular formula is C20H27N3O4. The molecule has 0 aromatic heterocycles. The quantitative estimate of drug-likeness (QED) is 0.808. The highest BCUT2D eigenvalue weighted by Gasteiger charge is 2.53. The second-order valence-electron chi connectivity index (χ2n) is 7.74. The second-order valence-corrected chi connectivity index (χ2v) is 7.74. The van der Waals surface area contributed by atoms with Crippen LogP contribution in [0.5, 0.6) is 5.75 Å². The minimum atomic E-state index is -0.632. The lowest BCUT2D eigenvalue weighted by atomic mass is 9.84. The number of benzene rings is 1. The summed E-state index contributed by atoms with van der Waals surface area (Å²) in [4.78, 5) is 39.0. The van der Waals surface area contributed by atoms with Crippen LogP contribution >= 0.6 is 0 Å². The molecule has 2 fully saturated rings. The van der Waals surface area contributed by atoms with E-state index in [4.69, 9.17) is 4.74 Å². The summed E-state index contributed by atoms with van der Waals surface area (Å²) in [7, 11) is 1.61. The highest BCUT2D eigenvalue weighted by atomic mass is 16.5. The van der Waals surface area contributed by atoms with Crippen LogP contribution in [0.1, 0.15) is 32.3 Å². The summed E-state index contributed by atoms with van der Waals surface area (Å²) in [5.74, 6) is 0.424. The van der Waals surface area contributed by atoms with Crippen LogP contribution in [-0.2, 0) is 20.9 Å². The molecule has 1 aromatic rings. The van der Waals surface area contributed by atoms with Crippen molar-refractivity contribution in [3.63, 3.8) is 0 Å². The van der Waals surface area contributed by atoms with E-state index in [-0.39, 0.29) is 23.6 Å². The molecule has 3 amide bonds. The Balaban J connectivity index is 1.56. The number of methoxy groups -OCH3 is 1. The van der Waals surface area contributed by atoms with Crippen molar-refractivity contribution in [2.45, 2.75) is 39.3 Å². The number of hydrogen-bond donors (Lipinski definition) is 2. The Hall–Kier alpha value is -2.57. The Morgan fingerprint density at radius 2 is 2.04 bits per heavy atom. The molecule has 27 heavy (non-hydrogen) atoms. The summed E-state index contributed by atoms with van der Waals surface area (Å²) >= 11 is 0. The number of carbonyl (C=O) groups is 3. The van der Waals surface area contributed by atoms with Crippen molar-refractivity contribution in [1.82, 2.24) is 15.5 Å². The maximum absolute atomic E-state index is 12.6. The maximum atomic E-state index is 12.6. The van der Waals surface area contributed by atoms with Crippen molar-refractivity contribution >= 4 is 17.7 Å². The van der Waals surface area contributed by atoms with Crippen LogP contribution in [0.2, 0.25) is 0 Å². The van der Waals surface area contributed by atoms with Crippen LogP contribution in [0.4, 0.5) is 0 Å². The van der Waals surface area contributed by atoms with Gasteiger partial charge in [0.2, 0.25) is 17.7 Å². The lowest BCUT2D eigenvalue weighted by molar-refractivity contribution is -0.134. The molecule has 0 saturated carbocycles. The van der Waals surface area contributed by atoms with Gasteiger partial charge in [-0.2, -0.15) is 0 Å². The molecule has 1 spiro atoms. The first-order valence-corrected chi connectivity index (χ1v) is 9.35. The van der Waals surface area contributed by atoms with Gasteiger partial charge in [-0.25, -0.2) is 0 Å². The van der Waals surface area contributed by atoms with E-state index < -0.39 is 11.5 Å². The first kappa shape index (κ1) is 19.2. The molecule has 2 aliphatic heterocycles. The molecular weight excluding hydrogens is 346 g/mol. The fraction of sp³-hybridized carbons (Fsp3) is 0.550. The Labute approximate surface area is 159 Å². The van der Waals surface area contributed by atoms with E-state index in [9.17, 15) is 14.4 Å². The highest BCUT2D eigenvalue weighted by Crippen LogP contribution is 2.40. The van der Waals surface area contributed by atoms with Gasteiger partial charge in [0.1, 0.15) is 11.8 Å². The highest BCUT2D eigenvalue weighted by molar-refractivity contribution is 5.95. The Morgan fingerprint density at radius 1 is 1.33 bits per heavy atom. The zero-order chi connectivity index (χ0) is 19.6. The van der Waals surface area contributed by atoms with Crippen LogP contribution in [-0.4, -0.2) is 48.9 Å². The Bertz CT molecular complexity index is 731. The van der Waals surface area contributed by atoms with Crippen molar-refractivity contribution in [3.8, 4) is 5.75 Å². The minimum Gasteiger partial charge on any atom is -0.497 e. The van der Waals surface area contributed by atoms with Crippen LogP contribution in [0.25, 0.3) is 0 Å². The summed E-state index contributed by atoms with van der Waals surface area (Å²) in [6.45, 7) is 5.08. The number of likely N-dealkylation sites (tertiary alicyclic amines) is 1. The van der Waals surface area contributed by atoms with Crippen molar-refractivity contribution in [3.05, 3.63) is 29.8 Å². The number of amides is 3. The normalized spacial score (nSPS) is 24.4. The number of ether oxygens (including phenoxy) is 1. The molecule has 2 heterocycles. The summed E-state index contributed by atoms with van der Waals surface area (Å²) in [5, 5.41) is 5.70. The smallest absolute Gasteiger partial charge is 0.242 e. The van der Waals surface area contributed by atoms with Gasteiger partial charge in [0, 0.05) is 25.6 Å². The van der Waals surface area contributed by atoms with Gasteiger partial charge >= 0.3 is 0 Å². The molecule has 0 radical (unpaired) electrons. The van der Waals surface area contributed by atoms with Gasteiger partial charge < -0.3 is 20.3 Å². The second kappa shape index (κ2) is 7.58. The average molecular weight is 373 g/mol. The molecule has 3 rings (SSSR count). The van der Waals surface area contributed by atoms with Crippen molar-refractivity contribution in [1.29, 1.82) is 0 Å². The topological polar surface area (TPSA) is 87.7 Å². The van der Waals surface area contributed by atoms with Gasteiger partial charge in [0.05, 0.1) is 12.5 Å². The third kappa shape index (κ3) is 3.91. The zero-order valence-electron chi connectivity index (χ0n) is 16.1. The van der Waals surface area contributed by atoms with Gasteiger partial charge in [-0.3, -0.25) is 14.4 Å². The largest absolute Gasteiger partial charge is 0.497 e. The van der Waals surface area contributed by atoms with Gasteiger partial charge in [0.15, 0.2) is 0 Å². The van der Waals surface area contributed by atoms with Crippen LogP contribution < -0.4 is 15.4 Å². The predicted molar refractivity (Wildman–Crippen MR) is 99.9 cm³/mol. The maximum Gasteiger partial charge on any atom is 0.242 e. The summed E-state index contributed by atoms with van der Waals surface area (Å²) < 4.78 is 5.12. The van der Waals surface area contributed by atoms with Gasteiger partial charge in [-0.05, 0) is 30.5 Å². The number of rotatable bonds is 5. The summed E-state index contributed by atoms with van der Waals surface area (Å²) in [6.07, 6.45) is 1.04. The zero-order valence-corrected chi connectivity index (χ0v) is 16.1. The minimum absolute atomic E-state index is 0.0621. The lowest BCUT2D eigenvalue weighted by Gasteiger charge is -2.22. The molecule has 2 N–H and O–H groups in total. The molecule has 0 unspecified atom stereocenters. The molecule has 2 saturated heterocycles. The van der Waals surface area contributed by atoms with E-state index in [1.807, 2.05) is 38.1 Å². The van der Waals surface area contributed by atoms with E-state index in [1.165, 1.54) is 0 Å². The van der Waals surface area contributed by atoms with E-state index >= 15 is 0 Å². The van der Waals surface area contributed by atoms with Crippen molar-refractivity contribution in [2.75, 3.05) is 20.2 Å². The third-order valence-corrected chi connectivity index (χ3v) is 5.48. The molecule has 1 aromatic carbocycles. The fourth-order valence-corrected chi connectivity index (χ4v) is 3.84. The number of carbonyl (C=O) groups excluding carboxylic acids is 3. The van der Waals surface area contributed by atoms with E-state index in [0.717, 1.165) is 11.3 Å². The predicted octanol–water partition coefficient (Wildman–Crippen LogP) is 1.07. The summed E-state index contributed by atoms with van der Waals surface area (Å²) in [6, 6.07) is 6.91. The van der Waals surface area contributed by atoms with Crippen LogP contribution in [0, 0.1) is 11.3 Å². The third-order valence-electron chi connectivity index (χ3n) is 5.48. The van der Waals surface area contributed by atoms with Gasteiger partial charge in [0.25, 0.3) is 0 Å². The fourth-order valence-electron chi connectivity index (χ4n) is 3.84. The molecule has 0 bridgehead atoms. The summed E-state index contributed by atoms with van der Waals surface area (Å²) in [5.41, 5.74) is 0.324. The van der Waals surface area contributed by atoms with Crippen molar-refractivity contribution in [2.24, 2.45) is 11.3 Å². The molecule has 7 heteroatoms. The van der Waals surface area contributed by atoms with Gasteiger partial charge in [-0.1, -0.05) is 26.0 Å². The van der Waals surface area contributed by atoms with Gasteiger partial charge in [-0.15, -0.1) is 0 Å². The molecule has 146 valence electrons. The Kier molecular flexibility index (Phi) is 5.39. The first-order chi connectivity index (χ1) is 12.8. The van der Waals surface area contributed by atoms with E-state index in [0.29, 0.717) is 32.5 Å². The van der Waals surface area contributed by atoms with Crippen LogP contribution in [0.3, 0.4) is 0 Å². The van der Waals surface area contributed by atoms with Crippen LogP contribution in [0.15, 0.2) is 24.3 Å². The Morgan fingerprint density at radius 3 is 2.67 bits per heavy atom. The molecule has 0 aliphatic carbocycles. The molecule has 2 atom stereocenters. The number of hydrogen-bond acceptors (Lipinski definition) is 4. The monoisotopic (exact) mass is 373 g/mol. The molecule has 7 nitrogen and oxygen atoms in total. The standard InChI is InChI=1S/C20H27N3O4/c1-13(2)18(25)23-9-8-20(12-23)10-16(22-19(20)26)17(24)21-11-14-4-6-15(27-3)7-5-14/h4-7,13,16H,8-12H2,1-3H3,(H,21,24)(H,22,26)/t16-,20+/m0/s1. The van der Waals surface area contributed by atoms with E-state index in [1.54, 1.807) is 12.0 Å². The molecule has 2 aliphatic rings. The van der Waals surface area contributed by atoms with Crippen molar-refractivity contribution < 1.29 is 19.1 Å². The number of nitrogens with zero attached hydrogens (tertiary/aromatic N) is 1. The SMILES string of the molecule is COc1ccc(CNC(=O)[C@@H]2C[C@@]3(CCN(C(=O)C(C)C)C3)C(=O)N2)cc1. The first-order valence-electron chi connectivity index (χ1n) is 9.35. The number of nitrogens with one attached hydrogen (secondary N) is 2. The average Bonchev–Trinajstić information content (AvgIpc) is 3.24. The lowest BCUT2D eigenvalue weighted by Crippen LogP contribution is -2.41. The van der Waals surface area contributed by atoms with E-state index in [2.05, 4.69) is 10.6 Å².